The van der Waals surface area contributed by atoms with Crippen molar-refractivity contribution in [2.24, 2.45) is 0 Å². The molecule has 2 heteroatoms. The van der Waals surface area contributed by atoms with Gasteiger partial charge >= 0.3 is 245 Å². The number of hydrogen-bond donors (Lipinski definition) is 0. The summed E-state index contributed by atoms with van der Waals surface area (Å²) in [5.41, 5.74) is 8.97. The first-order valence-corrected chi connectivity index (χ1v) is 25.6. The molecule has 4 aromatic rings. The molecule has 4 aromatic carbocycles. The molecule has 6 rings (SSSR count). The molecule has 0 bridgehead atoms. The van der Waals surface area contributed by atoms with Gasteiger partial charge < -0.3 is 0 Å². The zero-order valence-electron chi connectivity index (χ0n) is 25.0. The molecule has 0 heterocycles. The molecule has 2 aliphatic rings. The van der Waals surface area contributed by atoms with Crippen LogP contribution >= 0.6 is 0 Å². The molecule has 0 amide bonds. The average molecular weight is 618 g/mol. The molecule has 0 saturated carbocycles. The van der Waals surface area contributed by atoms with Crippen LogP contribution in [0.15, 0.2) is 113 Å². The molecule has 0 N–H and O–H groups in total. The Balaban J connectivity index is 1.80. The monoisotopic (exact) mass is 616 g/mol. The summed E-state index contributed by atoms with van der Waals surface area (Å²) in [4.78, 5) is 0. The van der Waals surface area contributed by atoms with Crippen molar-refractivity contribution in [3.63, 3.8) is 0 Å². The first-order chi connectivity index (χ1) is 18.9. The van der Waals surface area contributed by atoms with E-state index in [0.29, 0.717) is 0 Å². The number of rotatable bonds is 4. The van der Waals surface area contributed by atoms with Crippen molar-refractivity contribution in [3.8, 4) is 11.1 Å². The van der Waals surface area contributed by atoms with Crippen molar-refractivity contribution in [2.45, 2.75) is 65.2 Å². The van der Waals surface area contributed by atoms with Gasteiger partial charge in [-0.15, -0.1) is 0 Å². The average Bonchev–Trinajstić information content (AvgIpc) is 3.61. The van der Waals surface area contributed by atoms with Gasteiger partial charge in [0.15, 0.2) is 0 Å². The Morgan fingerprint density at radius 3 is 1.75 bits per heavy atom. The summed E-state index contributed by atoms with van der Waals surface area (Å²) in [5.74, 6) is 0. The molecule has 0 aromatic heterocycles. The van der Waals surface area contributed by atoms with Gasteiger partial charge in [0.25, 0.3) is 0 Å². The molecular weight excluding hydrogens is 576 g/mol. The Hall–Kier alpha value is -2.54. The summed E-state index contributed by atoms with van der Waals surface area (Å²) in [6, 6.07) is 35.7. The number of allylic oxidation sites excluding steroid dienone is 4. The minimum absolute atomic E-state index is 0.0425. The zero-order valence-corrected chi connectivity index (χ0v) is 28.9. The minimum atomic E-state index is -4.38. The summed E-state index contributed by atoms with van der Waals surface area (Å²) >= 11 is -4.38. The molecule has 0 radical (unpaired) electrons. The second-order valence-electron chi connectivity index (χ2n) is 14.1. The fourth-order valence-corrected chi connectivity index (χ4v) is 28.8. The van der Waals surface area contributed by atoms with Gasteiger partial charge in [-0.1, -0.05) is 0 Å². The summed E-state index contributed by atoms with van der Waals surface area (Å²) in [5, 5.41) is 0. The van der Waals surface area contributed by atoms with Gasteiger partial charge in [0, 0.05) is 0 Å². The molecule has 0 aliphatic heterocycles. The maximum absolute atomic E-state index is 4.38. The fraction of sp³-hybridized carbons (Fsp3) is 0.263. The van der Waals surface area contributed by atoms with E-state index >= 15 is 0 Å². The Kier molecular flexibility index (Phi) is 6.56. The van der Waals surface area contributed by atoms with E-state index in [4.69, 9.17) is 0 Å². The van der Waals surface area contributed by atoms with Crippen LogP contribution < -0.4 is 9.81 Å². The van der Waals surface area contributed by atoms with Crippen molar-refractivity contribution >= 4 is 16.7 Å². The molecule has 0 unspecified atom stereocenters. The van der Waals surface area contributed by atoms with E-state index in [1.54, 1.807) is 18.7 Å². The van der Waals surface area contributed by atoms with Crippen molar-refractivity contribution < 1.29 is 17.4 Å². The maximum atomic E-state index is 2.66. The van der Waals surface area contributed by atoms with E-state index in [1.165, 1.54) is 27.8 Å². The quantitative estimate of drug-likeness (QED) is 0.187. The van der Waals surface area contributed by atoms with Gasteiger partial charge in [-0.05, 0) is 0 Å². The number of fused-ring (bicyclic) bond motifs is 3. The van der Waals surface area contributed by atoms with Gasteiger partial charge in [-0.25, -0.2) is 0 Å². The second-order valence-corrected chi connectivity index (χ2v) is 35.4. The Morgan fingerprint density at radius 1 is 0.650 bits per heavy atom. The predicted octanol–water partition coefficient (Wildman–Crippen LogP) is 7.21. The molecule has 40 heavy (non-hydrogen) atoms. The predicted molar refractivity (Wildman–Crippen MR) is 174 cm³/mol. The van der Waals surface area contributed by atoms with Crippen molar-refractivity contribution in [1.82, 2.24) is 0 Å². The second kappa shape index (κ2) is 9.50. The molecule has 0 nitrogen and oxygen atoms in total. The molecule has 2 aliphatic carbocycles. The van der Waals surface area contributed by atoms with E-state index in [0.717, 1.165) is 12.8 Å². The third-order valence-corrected chi connectivity index (χ3v) is 35.7. The van der Waals surface area contributed by atoms with Gasteiger partial charge in [0.2, 0.25) is 0 Å². The molecule has 0 saturated heterocycles. The van der Waals surface area contributed by atoms with E-state index in [9.17, 15) is 0 Å². The van der Waals surface area contributed by atoms with E-state index in [-0.39, 0.29) is 10.8 Å². The molecule has 0 atom stereocenters. The van der Waals surface area contributed by atoms with E-state index in [2.05, 4.69) is 158 Å². The SMILES string of the molecule is CC(C)(C)c1ccc2c(c1)-c1cc(C(C)(C)C)c[c]([Zr](=[SiH2])([C]3=CC=CC3)([c]3ccccc3)[c]3ccccc3)c1C2. The van der Waals surface area contributed by atoms with E-state index < -0.39 is 17.4 Å². The summed E-state index contributed by atoms with van der Waals surface area (Å²) in [7, 11) is 0. The third kappa shape index (κ3) is 4.09. The van der Waals surface area contributed by atoms with Crippen molar-refractivity contribution in [1.29, 1.82) is 0 Å². The first kappa shape index (κ1) is 27.6. The normalized spacial score (nSPS) is 15.1. The van der Waals surface area contributed by atoms with Gasteiger partial charge in [-0.3, -0.25) is 0 Å². The number of hydrogen-bond acceptors (Lipinski definition) is 0. The summed E-state index contributed by atoms with van der Waals surface area (Å²) in [6.45, 7) is 16.5. The Bertz CT molecular complexity index is 1700. The molecular formula is C38H42SiZr. The summed E-state index contributed by atoms with van der Waals surface area (Å²) < 4.78 is 6.38. The summed E-state index contributed by atoms with van der Waals surface area (Å²) in [6.07, 6.45) is 9.21. The van der Waals surface area contributed by atoms with Crippen LogP contribution in [0.2, 0.25) is 0 Å². The van der Waals surface area contributed by atoms with Crippen LogP contribution in [0, 0.1) is 0 Å². The zero-order chi connectivity index (χ0) is 28.4. The topological polar surface area (TPSA) is 0 Å². The Labute approximate surface area is 243 Å². The van der Waals surface area contributed by atoms with Gasteiger partial charge in [0.05, 0.1) is 0 Å². The number of benzene rings is 4. The fourth-order valence-electron chi connectivity index (χ4n) is 7.16. The molecule has 202 valence electrons. The molecule has 0 fully saturated rings. The van der Waals surface area contributed by atoms with Crippen molar-refractivity contribution in [2.75, 3.05) is 0 Å². The van der Waals surface area contributed by atoms with Crippen LogP contribution in [0.3, 0.4) is 0 Å². The Morgan fingerprint density at radius 2 is 1.23 bits per heavy atom. The van der Waals surface area contributed by atoms with Crippen LogP contribution in [0.4, 0.5) is 0 Å². The van der Waals surface area contributed by atoms with Crippen LogP contribution in [0.5, 0.6) is 0 Å². The van der Waals surface area contributed by atoms with Crippen LogP contribution in [-0.2, 0) is 34.6 Å². The van der Waals surface area contributed by atoms with Gasteiger partial charge in [-0.2, -0.15) is 0 Å². The van der Waals surface area contributed by atoms with Crippen molar-refractivity contribution in [3.05, 3.63) is 135 Å². The van der Waals surface area contributed by atoms with Crippen LogP contribution in [0.25, 0.3) is 11.1 Å². The van der Waals surface area contributed by atoms with Crippen LogP contribution in [-0.4, -0.2) is 6.88 Å². The van der Waals surface area contributed by atoms with Gasteiger partial charge in [0.1, 0.15) is 0 Å². The van der Waals surface area contributed by atoms with E-state index in [1.807, 2.05) is 0 Å². The molecule has 0 spiro atoms. The van der Waals surface area contributed by atoms with Crippen LogP contribution in [0.1, 0.15) is 70.2 Å². The standard InChI is InChI=1S/C21H25.2C6H5.C5H5.H2Si.Zr/c1-20(2,3)16-9-7-14-11-15-8-10-17(21(4,5)6)13-19(15)18(14)12-16;2*1-2-4-6-5-3-1;1-2-4-5-3-1;;/h7,9-10,12-13H,11H2,1-6H3;2*1-5H;1-3H,4H2;1H2;. The first-order valence-electron chi connectivity index (χ1n) is 14.7. The third-order valence-electron chi connectivity index (χ3n) is 9.65.